The first-order valence-electron chi connectivity index (χ1n) is 6.47. The number of hydrogen-bond donors (Lipinski definition) is 2. The Labute approximate surface area is 121 Å². The number of carbonyl (C=O) groups excluding carboxylic acids is 1. The molecule has 6 nitrogen and oxygen atoms in total. The third-order valence-corrected chi connectivity index (χ3v) is 3.30. The minimum absolute atomic E-state index is 0.112. The summed E-state index contributed by atoms with van der Waals surface area (Å²) in [6.45, 7) is 3.55. The summed E-state index contributed by atoms with van der Waals surface area (Å²) in [4.78, 5) is 23.3. The number of aryl methyl sites for hydroxylation is 2. The number of rotatable bonds is 5. The molecule has 21 heavy (non-hydrogen) atoms. The summed E-state index contributed by atoms with van der Waals surface area (Å²) in [6.07, 6.45) is 0. The molecule has 1 aromatic carbocycles. The van der Waals surface area contributed by atoms with Gasteiger partial charge >= 0.3 is 5.97 Å². The quantitative estimate of drug-likeness (QED) is 0.878. The summed E-state index contributed by atoms with van der Waals surface area (Å²) < 4.78 is 10.4. The highest BCUT2D eigenvalue weighted by Gasteiger charge is 2.24. The van der Waals surface area contributed by atoms with Gasteiger partial charge in [-0.1, -0.05) is 18.2 Å². The second-order valence-electron chi connectivity index (χ2n) is 4.83. The van der Waals surface area contributed by atoms with Gasteiger partial charge in [0, 0.05) is 18.1 Å². The van der Waals surface area contributed by atoms with Crippen LogP contribution in [0.2, 0.25) is 0 Å². The lowest BCUT2D eigenvalue weighted by Crippen LogP contribution is -2.43. The Bertz CT molecular complexity index is 689. The molecule has 2 rings (SSSR count). The smallest absolute Gasteiger partial charge is 0.328 e. The molecule has 0 radical (unpaired) electrons. The SMILES string of the molecule is COCC(NC(=O)c1oc2c(C)cccc2c1C)C(=O)O. The zero-order valence-corrected chi connectivity index (χ0v) is 12.1. The van der Waals surface area contributed by atoms with E-state index in [1.807, 2.05) is 25.1 Å². The number of carboxylic acids is 1. The van der Waals surface area contributed by atoms with E-state index >= 15 is 0 Å². The van der Waals surface area contributed by atoms with Crippen LogP contribution in [0.25, 0.3) is 11.0 Å². The number of furan rings is 1. The van der Waals surface area contributed by atoms with Gasteiger partial charge in [-0.05, 0) is 19.4 Å². The van der Waals surface area contributed by atoms with Gasteiger partial charge in [-0.2, -0.15) is 0 Å². The second-order valence-corrected chi connectivity index (χ2v) is 4.83. The standard InChI is InChI=1S/C15H17NO5/c1-8-5-4-6-10-9(2)13(21-12(8)10)14(17)16-11(7-20-3)15(18)19/h4-6,11H,7H2,1-3H3,(H,16,17)(H,18,19). The van der Waals surface area contributed by atoms with E-state index in [1.165, 1.54) is 7.11 Å². The first-order chi connectivity index (χ1) is 9.95. The third-order valence-electron chi connectivity index (χ3n) is 3.30. The molecule has 0 bridgehead atoms. The van der Waals surface area contributed by atoms with Crippen LogP contribution in [0.4, 0.5) is 0 Å². The fourth-order valence-electron chi connectivity index (χ4n) is 2.17. The number of ether oxygens (including phenoxy) is 1. The molecular weight excluding hydrogens is 274 g/mol. The Balaban J connectivity index is 2.33. The van der Waals surface area contributed by atoms with Crippen LogP contribution < -0.4 is 5.32 Å². The molecule has 1 amide bonds. The highest BCUT2D eigenvalue weighted by molar-refractivity contribution is 6.00. The van der Waals surface area contributed by atoms with Gasteiger partial charge in [0.15, 0.2) is 11.8 Å². The van der Waals surface area contributed by atoms with Gasteiger partial charge in [-0.3, -0.25) is 4.79 Å². The number of hydrogen-bond acceptors (Lipinski definition) is 4. The number of aliphatic carboxylic acids is 1. The van der Waals surface area contributed by atoms with Crippen molar-refractivity contribution < 1.29 is 23.8 Å². The van der Waals surface area contributed by atoms with Crippen LogP contribution in [0.1, 0.15) is 21.7 Å². The van der Waals surface area contributed by atoms with Crippen molar-refractivity contribution >= 4 is 22.8 Å². The fraction of sp³-hybridized carbons (Fsp3) is 0.333. The predicted molar refractivity (Wildman–Crippen MR) is 76.5 cm³/mol. The van der Waals surface area contributed by atoms with Gasteiger partial charge in [-0.25, -0.2) is 4.79 Å². The fourth-order valence-corrected chi connectivity index (χ4v) is 2.17. The van der Waals surface area contributed by atoms with E-state index in [0.29, 0.717) is 11.1 Å². The van der Waals surface area contributed by atoms with Gasteiger partial charge in [0.2, 0.25) is 0 Å². The number of carbonyl (C=O) groups is 2. The summed E-state index contributed by atoms with van der Waals surface area (Å²) >= 11 is 0. The Hall–Kier alpha value is -2.34. The third kappa shape index (κ3) is 2.90. The second kappa shape index (κ2) is 5.97. The Morgan fingerprint density at radius 1 is 1.38 bits per heavy atom. The summed E-state index contributed by atoms with van der Waals surface area (Å²) in [5.74, 6) is -1.59. The molecule has 1 atom stereocenters. The maximum atomic E-state index is 12.2. The Kier molecular flexibility index (Phi) is 4.28. The molecule has 0 aliphatic rings. The van der Waals surface area contributed by atoms with Gasteiger partial charge in [0.25, 0.3) is 5.91 Å². The van der Waals surface area contributed by atoms with Crippen molar-refractivity contribution in [1.29, 1.82) is 0 Å². The maximum absolute atomic E-state index is 12.2. The summed E-state index contributed by atoms with van der Waals surface area (Å²) in [6, 6.07) is 4.52. The van der Waals surface area contributed by atoms with Gasteiger partial charge in [0.1, 0.15) is 5.58 Å². The van der Waals surface area contributed by atoms with E-state index < -0.39 is 17.9 Å². The van der Waals surface area contributed by atoms with Crippen LogP contribution >= 0.6 is 0 Å². The largest absolute Gasteiger partial charge is 0.480 e. The van der Waals surface area contributed by atoms with Gasteiger partial charge < -0.3 is 19.6 Å². The highest BCUT2D eigenvalue weighted by atomic mass is 16.5. The number of amides is 1. The van der Waals surface area contributed by atoms with Crippen molar-refractivity contribution in [3.05, 3.63) is 35.1 Å². The van der Waals surface area contributed by atoms with Gasteiger partial charge in [-0.15, -0.1) is 0 Å². The number of nitrogens with one attached hydrogen (secondary N) is 1. The topological polar surface area (TPSA) is 88.8 Å². The summed E-state index contributed by atoms with van der Waals surface area (Å²) in [7, 11) is 1.37. The first kappa shape index (κ1) is 15.1. The number of carboxylic acid groups (broad SMARTS) is 1. The van der Waals surface area contributed by atoms with Crippen LogP contribution in [-0.4, -0.2) is 36.7 Å². The van der Waals surface area contributed by atoms with E-state index in [4.69, 9.17) is 14.3 Å². The predicted octanol–water partition coefficient (Wildman–Crippen LogP) is 1.88. The number of para-hydroxylation sites is 1. The molecule has 0 aliphatic carbocycles. The van der Waals surface area contributed by atoms with Crippen molar-refractivity contribution in [2.45, 2.75) is 19.9 Å². The molecule has 0 fully saturated rings. The van der Waals surface area contributed by atoms with Crippen LogP contribution in [0.5, 0.6) is 0 Å². The lowest BCUT2D eigenvalue weighted by molar-refractivity contribution is -0.140. The summed E-state index contributed by atoms with van der Waals surface area (Å²) in [5, 5.41) is 12.3. The highest BCUT2D eigenvalue weighted by Crippen LogP contribution is 2.27. The van der Waals surface area contributed by atoms with Crippen molar-refractivity contribution in [2.24, 2.45) is 0 Å². The molecule has 1 heterocycles. The van der Waals surface area contributed by atoms with Crippen LogP contribution in [0, 0.1) is 13.8 Å². The van der Waals surface area contributed by atoms with E-state index in [-0.39, 0.29) is 12.4 Å². The summed E-state index contributed by atoms with van der Waals surface area (Å²) in [5.41, 5.74) is 2.24. The van der Waals surface area contributed by atoms with Gasteiger partial charge in [0.05, 0.1) is 6.61 Å². The lowest BCUT2D eigenvalue weighted by atomic mass is 10.1. The zero-order valence-electron chi connectivity index (χ0n) is 12.1. The minimum Gasteiger partial charge on any atom is -0.480 e. The number of benzene rings is 1. The van der Waals surface area contributed by atoms with Crippen LogP contribution in [0.15, 0.2) is 22.6 Å². The Morgan fingerprint density at radius 2 is 2.10 bits per heavy atom. The molecule has 0 aliphatic heterocycles. The molecule has 2 N–H and O–H groups in total. The molecule has 6 heteroatoms. The van der Waals surface area contributed by atoms with Crippen molar-refractivity contribution in [3.63, 3.8) is 0 Å². The average Bonchev–Trinajstić information content (AvgIpc) is 2.77. The van der Waals surface area contributed by atoms with Crippen molar-refractivity contribution in [1.82, 2.24) is 5.32 Å². The minimum atomic E-state index is -1.16. The molecule has 1 aromatic heterocycles. The van der Waals surface area contributed by atoms with E-state index in [1.54, 1.807) is 6.92 Å². The van der Waals surface area contributed by atoms with E-state index in [2.05, 4.69) is 5.32 Å². The number of fused-ring (bicyclic) bond motifs is 1. The van der Waals surface area contributed by atoms with E-state index in [0.717, 1.165) is 10.9 Å². The average molecular weight is 291 g/mol. The molecule has 112 valence electrons. The lowest BCUT2D eigenvalue weighted by Gasteiger charge is -2.12. The molecule has 2 aromatic rings. The molecule has 0 saturated carbocycles. The molecule has 0 spiro atoms. The Morgan fingerprint density at radius 3 is 2.67 bits per heavy atom. The maximum Gasteiger partial charge on any atom is 0.328 e. The monoisotopic (exact) mass is 291 g/mol. The molecule has 1 unspecified atom stereocenters. The van der Waals surface area contributed by atoms with Crippen LogP contribution in [0.3, 0.4) is 0 Å². The normalized spacial score (nSPS) is 12.3. The number of methoxy groups -OCH3 is 1. The first-order valence-corrected chi connectivity index (χ1v) is 6.47. The molecule has 0 saturated heterocycles. The van der Waals surface area contributed by atoms with Crippen molar-refractivity contribution in [3.8, 4) is 0 Å². The van der Waals surface area contributed by atoms with Crippen molar-refractivity contribution in [2.75, 3.05) is 13.7 Å². The molecular formula is C15H17NO5. The van der Waals surface area contributed by atoms with E-state index in [9.17, 15) is 9.59 Å². The van der Waals surface area contributed by atoms with Crippen LogP contribution in [-0.2, 0) is 9.53 Å². The zero-order chi connectivity index (χ0) is 15.6.